The maximum Gasteiger partial charge on any atom is 0.319 e. The molecule has 1 aromatic carbocycles. The van der Waals surface area contributed by atoms with E-state index in [1.54, 1.807) is 12.1 Å². The van der Waals surface area contributed by atoms with Crippen LogP contribution >= 0.6 is 11.6 Å². The molecule has 1 N–H and O–H groups in total. The van der Waals surface area contributed by atoms with E-state index in [0.717, 1.165) is 12.0 Å². The van der Waals surface area contributed by atoms with E-state index in [1.165, 1.54) is 12.3 Å². The Bertz CT molecular complexity index is 704. The van der Waals surface area contributed by atoms with Crippen LogP contribution in [0.2, 0.25) is 5.15 Å². The third-order valence-corrected chi connectivity index (χ3v) is 3.23. The number of aromatic nitrogens is 1. The van der Waals surface area contributed by atoms with Gasteiger partial charge in [0.05, 0.1) is 4.92 Å². The second-order valence-corrected chi connectivity index (χ2v) is 4.58. The minimum Gasteiger partial charge on any atom is -0.322 e. The number of benzene rings is 1. The predicted molar refractivity (Wildman–Crippen MR) is 79.7 cm³/mol. The molecule has 0 atom stereocenters. The lowest BCUT2D eigenvalue weighted by Crippen LogP contribution is -2.15. The lowest BCUT2D eigenvalue weighted by Gasteiger charge is -2.10. The summed E-state index contributed by atoms with van der Waals surface area (Å²) in [7, 11) is 0. The SMILES string of the molecule is CCc1ccccc1NC(=O)c1ccnc(Cl)c1[N+](=O)[O-]. The molecule has 2 aromatic rings. The van der Waals surface area contributed by atoms with Gasteiger partial charge in [-0.15, -0.1) is 0 Å². The quantitative estimate of drug-likeness (QED) is 0.532. The first-order chi connectivity index (χ1) is 10.0. The van der Waals surface area contributed by atoms with Crippen LogP contribution in [0.25, 0.3) is 0 Å². The van der Waals surface area contributed by atoms with Crippen molar-refractivity contribution in [3.63, 3.8) is 0 Å². The molecular weight excluding hydrogens is 294 g/mol. The summed E-state index contributed by atoms with van der Waals surface area (Å²) in [5.74, 6) is -0.591. The van der Waals surface area contributed by atoms with Crippen LogP contribution in [-0.2, 0) is 6.42 Å². The van der Waals surface area contributed by atoms with Gasteiger partial charge >= 0.3 is 5.69 Å². The van der Waals surface area contributed by atoms with Gasteiger partial charge in [-0.1, -0.05) is 36.7 Å². The van der Waals surface area contributed by atoms with Gasteiger partial charge < -0.3 is 5.32 Å². The Morgan fingerprint density at radius 3 is 2.76 bits per heavy atom. The molecule has 1 aromatic heterocycles. The van der Waals surface area contributed by atoms with Gasteiger partial charge in [0.2, 0.25) is 5.15 Å². The van der Waals surface area contributed by atoms with Gasteiger partial charge in [0, 0.05) is 11.9 Å². The Morgan fingerprint density at radius 2 is 2.10 bits per heavy atom. The van der Waals surface area contributed by atoms with E-state index >= 15 is 0 Å². The number of anilines is 1. The summed E-state index contributed by atoms with van der Waals surface area (Å²) in [5.41, 5.74) is 0.942. The zero-order valence-electron chi connectivity index (χ0n) is 11.2. The lowest BCUT2D eigenvalue weighted by atomic mass is 10.1. The van der Waals surface area contributed by atoms with Crippen molar-refractivity contribution < 1.29 is 9.72 Å². The Labute approximate surface area is 125 Å². The van der Waals surface area contributed by atoms with Crippen molar-refractivity contribution in [2.45, 2.75) is 13.3 Å². The molecule has 0 aliphatic heterocycles. The molecule has 0 bridgehead atoms. The number of nitrogens with one attached hydrogen (secondary N) is 1. The Morgan fingerprint density at radius 1 is 1.38 bits per heavy atom. The van der Waals surface area contributed by atoms with E-state index in [1.807, 2.05) is 19.1 Å². The molecule has 0 radical (unpaired) electrons. The lowest BCUT2D eigenvalue weighted by molar-refractivity contribution is -0.385. The molecule has 6 nitrogen and oxygen atoms in total. The molecule has 2 rings (SSSR count). The second-order valence-electron chi connectivity index (χ2n) is 4.22. The number of nitrogens with zero attached hydrogens (tertiary/aromatic N) is 2. The van der Waals surface area contributed by atoms with Gasteiger partial charge in [0.25, 0.3) is 5.91 Å². The van der Waals surface area contributed by atoms with Gasteiger partial charge in [-0.2, -0.15) is 0 Å². The number of amides is 1. The van der Waals surface area contributed by atoms with Crippen molar-refractivity contribution in [1.29, 1.82) is 0 Å². The number of halogens is 1. The summed E-state index contributed by atoms with van der Waals surface area (Å²) >= 11 is 5.70. The van der Waals surface area contributed by atoms with Crippen molar-refractivity contribution >= 4 is 28.9 Å². The first kappa shape index (κ1) is 14.9. The molecule has 0 saturated carbocycles. The van der Waals surface area contributed by atoms with Gasteiger partial charge in [-0.3, -0.25) is 14.9 Å². The minimum atomic E-state index is -0.712. The summed E-state index contributed by atoms with van der Waals surface area (Å²) < 4.78 is 0. The van der Waals surface area contributed by atoms with Crippen LogP contribution in [0.5, 0.6) is 0 Å². The number of aryl methyl sites for hydroxylation is 1. The molecule has 7 heteroatoms. The van der Waals surface area contributed by atoms with Crippen LogP contribution in [0.3, 0.4) is 0 Å². The molecule has 21 heavy (non-hydrogen) atoms. The maximum atomic E-state index is 12.3. The van der Waals surface area contributed by atoms with Crippen molar-refractivity contribution in [2.24, 2.45) is 0 Å². The first-order valence-corrected chi connectivity index (χ1v) is 6.60. The number of hydrogen-bond donors (Lipinski definition) is 1. The molecule has 0 saturated heterocycles. The highest BCUT2D eigenvalue weighted by Crippen LogP contribution is 2.27. The van der Waals surface area contributed by atoms with Crippen LogP contribution in [-0.4, -0.2) is 15.8 Å². The molecule has 0 unspecified atom stereocenters. The number of para-hydroxylation sites is 1. The zero-order chi connectivity index (χ0) is 15.4. The Balaban J connectivity index is 2.38. The van der Waals surface area contributed by atoms with Crippen LogP contribution in [0.15, 0.2) is 36.5 Å². The van der Waals surface area contributed by atoms with Crippen molar-refractivity contribution in [2.75, 3.05) is 5.32 Å². The van der Waals surface area contributed by atoms with E-state index in [2.05, 4.69) is 10.3 Å². The fourth-order valence-electron chi connectivity index (χ4n) is 1.93. The molecule has 108 valence electrons. The predicted octanol–water partition coefficient (Wildman–Crippen LogP) is 3.46. The topological polar surface area (TPSA) is 85.1 Å². The average molecular weight is 306 g/mol. The summed E-state index contributed by atoms with van der Waals surface area (Å²) in [6, 6.07) is 8.53. The highest BCUT2D eigenvalue weighted by Gasteiger charge is 2.25. The van der Waals surface area contributed by atoms with Gasteiger partial charge in [0.1, 0.15) is 5.56 Å². The largest absolute Gasteiger partial charge is 0.322 e. The van der Waals surface area contributed by atoms with Crippen molar-refractivity contribution in [3.8, 4) is 0 Å². The standard InChI is InChI=1S/C14H12ClN3O3/c1-2-9-5-3-4-6-11(9)17-14(19)10-7-8-16-13(15)12(10)18(20)21/h3-8H,2H2,1H3,(H,17,19). The minimum absolute atomic E-state index is 0.120. The molecular formula is C14H12ClN3O3. The normalized spacial score (nSPS) is 10.2. The Kier molecular flexibility index (Phi) is 4.49. The number of rotatable bonds is 4. The van der Waals surface area contributed by atoms with Gasteiger partial charge in [-0.05, 0) is 24.1 Å². The fraction of sp³-hybridized carbons (Fsp3) is 0.143. The first-order valence-electron chi connectivity index (χ1n) is 6.22. The smallest absolute Gasteiger partial charge is 0.319 e. The average Bonchev–Trinajstić information content (AvgIpc) is 2.47. The van der Waals surface area contributed by atoms with E-state index in [4.69, 9.17) is 11.6 Å². The summed E-state index contributed by atoms with van der Waals surface area (Å²) in [4.78, 5) is 26.2. The molecule has 0 aliphatic carbocycles. The molecule has 1 amide bonds. The monoisotopic (exact) mass is 305 g/mol. The highest BCUT2D eigenvalue weighted by atomic mass is 35.5. The molecule has 0 fully saturated rings. The molecule has 0 aliphatic rings. The summed E-state index contributed by atoms with van der Waals surface area (Å²) in [5, 5.41) is 13.4. The van der Waals surface area contributed by atoms with Crippen LogP contribution in [0.1, 0.15) is 22.8 Å². The third kappa shape index (κ3) is 3.17. The number of carbonyl (C=O) groups excluding carboxylic acids is 1. The van der Waals surface area contributed by atoms with Gasteiger partial charge in [-0.25, -0.2) is 4.98 Å². The van der Waals surface area contributed by atoms with Crippen molar-refractivity contribution in [1.82, 2.24) is 4.98 Å². The molecule has 0 spiro atoms. The van der Waals surface area contributed by atoms with Crippen LogP contribution in [0.4, 0.5) is 11.4 Å². The van der Waals surface area contributed by atoms with Crippen LogP contribution in [0, 0.1) is 10.1 Å². The van der Waals surface area contributed by atoms with Crippen LogP contribution < -0.4 is 5.32 Å². The number of carbonyl (C=O) groups is 1. The third-order valence-electron chi connectivity index (χ3n) is 2.95. The van der Waals surface area contributed by atoms with E-state index in [-0.39, 0.29) is 10.7 Å². The summed E-state index contributed by atoms with van der Waals surface area (Å²) in [6.07, 6.45) is 1.99. The highest BCUT2D eigenvalue weighted by molar-refractivity contribution is 6.32. The van der Waals surface area contributed by atoms with E-state index in [0.29, 0.717) is 5.69 Å². The van der Waals surface area contributed by atoms with Gasteiger partial charge in [0.15, 0.2) is 0 Å². The number of hydrogen-bond acceptors (Lipinski definition) is 4. The number of nitro groups is 1. The van der Waals surface area contributed by atoms with Crippen molar-refractivity contribution in [3.05, 3.63) is 62.9 Å². The second kappa shape index (κ2) is 6.32. The Hall–Kier alpha value is -2.47. The fourth-order valence-corrected chi connectivity index (χ4v) is 2.15. The van der Waals surface area contributed by atoms with E-state index in [9.17, 15) is 14.9 Å². The molecule has 1 heterocycles. The van der Waals surface area contributed by atoms with E-state index < -0.39 is 16.5 Å². The maximum absolute atomic E-state index is 12.3. The number of pyridine rings is 1. The zero-order valence-corrected chi connectivity index (χ0v) is 11.9. The summed E-state index contributed by atoms with van der Waals surface area (Å²) in [6.45, 7) is 1.96.